The fraction of sp³-hybridized carbons (Fsp3) is 0.316. The van der Waals surface area contributed by atoms with Gasteiger partial charge in [-0.15, -0.1) is 0 Å². The summed E-state index contributed by atoms with van der Waals surface area (Å²) in [6.45, 7) is 4.25. The molecule has 0 radical (unpaired) electrons. The van der Waals surface area contributed by atoms with E-state index in [1.807, 2.05) is 18.2 Å². The van der Waals surface area contributed by atoms with Gasteiger partial charge in [0.1, 0.15) is 0 Å². The fourth-order valence-electron chi connectivity index (χ4n) is 2.55. The molecule has 0 bridgehead atoms. The molecular weight excluding hydrogens is 366 g/mol. The van der Waals surface area contributed by atoms with Gasteiger partial charge in [0, 0.05) is 19.8 Å². The van der Waals surface area contributed by atoms with Crippen molar-refractivity contribution < 1.29 is 8.42 Å². The van der Waals surface area contributed by atoms with Gasteiger partial charge >= 0.3 is 0 Å². The van der Waals surface area contributed by atoms with Gasteiger partial charge in [0.25, 0.3) is 0 Å². The molecule has 5 nitrogen and oxygen atoms in total. The van der Waals surface area contributed by atoms with Gasteiger partial charge < -0.3 is 10.6 Å². The summed E-state index contributed by atoms with van der Waals surface area (Å²) in [6, 6.07) is 16.8. The molecule has 0 aliphatic rings. The first-order valence-corrected chi connectivity index (χ1v) is 10.2. The fourth-order valence-corrected chi connectivity index (χ4v) is 3.74. The van der Waals surface area contributed by atoms with Gasteiger partial charge in [-0.3, -0.25) is 0 Å². The standard InChI is InChI=1S/C19H25N3O2S2/c1-14(2)18(15-9-6-5-7-10-15)21-19(25)20-16-11-8-12-17(13-16)26(23,24)22(3)4/h5-14,18H,1-4H3,(H2,20,21,25)/t18-/m1/s1. The quantitative estimate of drug-likeness (QED) is 0.737. The van der Waals surface area contributed by atoms with Crippen LogP contribution in [0.1, 0.15) is 25.5 Å². The van der Waals surface area contributed by atoms with Gasteiger partial charge in [-0.05, 0) is 41.9 Å². The molecule has 140 valence electrons. The second-order valence-corrected chi connectivity index (χ2v) is 9.11. The average molecular weight is 392 g/mol. The van der Waals surface area contributed by atoms with E-state index in [9.17, 15) is 8.42 Å². The van der Waals surface area contributed by atoms with E-state index in [-0.39, 0.29) is 10.9 Å². The molecule has 0 spiro atoms. The average Bonchev–Trinajstić information content (AvgIpc) is 2.60. The molecule has 2 aromatic rings. The molecule has 26 heavy (non-hydrogen) atoms. The lowest BCUT2D eigenvalue weighted by atomic mass is 9.96. The van der Waals surface area contributed by atoms with E-state index >= 15 is 0 Å². The molecule has 0 saturated heterocycles. The highest BCUT2D eigenvalue weighted by Crippen LogP contribution is 2.22. The van der Waals surface area contributed by atoms with Crippen LogP contribution in [0.4, 0.5) is 5.69 Å². The summed E-state index contributed by atoms with van der Waals surface area (Å²) < 4.78 is 25.7. The van der Waals surface area contributed by atoms with Crippen LogP contribution in [0.2, 0.25) is 0 Å². The van der Waals surface area contributed by atoms with Crippen LogP contribution < -0.4 is 10.6 Å². The van der Waals surface area contributed by atoms with E-state index in [4.69, 9.17) is 12.2 Å². The maximum Gasteiger partial charge on any atom is 0.242 e. The van der Waals surface area contributed by atoms with Crippen molar-refractivity contribution in [2.24, 2.45) is 5.92 Å². The molecule has 0 heterocycles. The SMILES string of the molecule is CC(C)[C@@H](NC(=S)Nc1cccc(S(=O)(=O)N(C)C)c1)c1ccccc1. The third kappa shape index (κ3) is 5.03. The second-order valence-electron chi connectivity index (χ2n) is 6.55. The minimum atomic E-state index is -3.49. The van der Waals surface area contributed by atoms with Crippen LogP contribution in [0, 0.1) is 5.92 Å². The lowest BCUT2D eigenvalue weighted by molar-refractivity contribution is 0.473. The van der Waals surface area contributed by atoms with Gasteiger partial charge in [-0.1, -0.05) is 50.2 Å². The largest absolute Gasteiger partial charge is 0.355 e. The predicted molar refractivity (Wildman–Crippen MR) is 111 cm³/mol. The Morgan fingerprint density at radius 1 is 1.04 bits per heavy atom. The number of hydrogen-bond donors (Lipinski definition) is 2. The molecule has 1 atom stereocenters. The highest BCUT2D eigenvalue weighted by Gasteiger charge is 2.19. The Labute approximate surface area is 161 Å². The number of nitrogens with zero attached hydrogens (tertiary/aromatic N) is 1. The number of rotatable bonds is 6. The lowest BCUT2D eigenvalue weighted by Gasteiger charge is -2.25. The molecule has 0 saturated carbocycles. The van der Waals surface area contributed by atoms with Crippen molar-refractivity contribution in [2.75, 3.05) is 19.4 Å². The van der Waals surface area contributed by atoms with Crippen LogP contribution in [0.3, 0.4) is 0 Å². The first-order valence-electron chi connectivity index (χ1n) is 8.37. The molecule has 0 fully saturated rings. The molecule has 2 aromatic carbocycles. The topological polar surface area (TPSA) is 61.4 Å². The maximum absolute atomic E-state index is 12.3. The van der Waals surface area contributed by atoms with Gasteiger partial charge in [-0.2, -0.15) is 0 Å². The maximum atomic E-state index is 12.3. The number of hydrogen-bond acceptors (Lipinski definition) is 3. The van der Waals surface area contributed by atoms with Gasteiger partial charge in [-0.25, -0.2) is 12.7 Å². The smallest absolute Gasteiger partial charge is 0.242 e. The molecule has 0 aliphatic heterocycles. The first kappa shape index (κ1) is 20.4. The van der Waals surface area contributed by atoms with Crippen molar-refractivity contribution in [3.63, 3.8) is 0 Å². The molecule has 7 heteroatoms. The molecule has 2 rings (SSSR count). The van der Waals surface area contributed by atoms with Crippen molar-refractivity contribution in [1.82, 2.24) is 9.62 Å². The minimum absolute atomic E-state index is 0.0601. The Morgan fingerprint density at radius 3 is 2.27 bits per heavy atom. The summed E-state index contributed by atoms with van der Waals surface area (Å²) in [5.41, 5.74) is 1.77. The molecule has 0 amide bonds. The summed E-state index contributed by atoms with van der Waals surface area (Å²) in [4.78, 5) is 0.221. The third-order valence-electron chi connectivity index (χ3n) is 3.98. The molecular formula is C19H25N3O2S2. The predicted octanol–water partition coefficient (Wildman–Crippen LogP) is 3.62. The zero-order valence-corrected chi connectivity index (χ0v) is 17.1. The molecule has 0 aromatic heterocycles. The number of anilines is 1. The van der Waals surface area contributed by atoms with Crippen molar-refractivity contribution in [1.29, 1.82) is 0 Å². The minimum Gasteiger partial charge on any atom is -0.355 e. The van der Waals surface area contributed by atoms with E-state index in [0.29, 0.717) is 16.7 Å². The Hall–Kier alpha value is -1.96. The van der Waals surface area contributed by atoms with Crippen LogP contribution in [0.25, 0.3) is 0 Å². The number of benzene rings is 2. The van der Waals surface area contributed by atoms with Crippen molar-refractivity contribution in [3.8, 4) is 0 Å². The second kappa shape index (κ2) is 8.62. The number of nitrogens with one attached hydrogen (secondary N) is 2. The zero-order chi connectivity index (χ0) is 19.3. The van der Waals surface area contributed by atoms with Crippen LogP contribution in [-0.2, 0) is 10.0 Å². The number of thiocarbonyl (C=S) groups is 1. The third-order valence-corrected chi connectivity index (χ3v) is 6.01. The van der Waals surface area contributed by atoms with Gasteiger partial charge in [0.2, 0.25) is 10.0 Å². The summed E-state index contributed by atoms with van der Waals surface area (Å²) in [5, 5.41) is 6.86. The monoisotopic (exact) mass is 391 g/mol. The summed E-state index contributed by atoms with van der Waals surface area (Å²) in [5.74, 6) is 0.331. The molecule has 0 unspecified atom stereocenters. The Kier molecular flexibility index (Phi) is 6.75. The highest BCUT2D eigenvalue weighted by atomic mass is 32.2. The number of sulfonamides is 1. The van der Waals surface area contributed by atoms with Crippen molar-refractivity contribution >= 4 is 33.0 Å². The van der Waals surface area contributed by atoms with Crippen LogP contribution in [0.15, 0.2) is 59.5 Å². The van der Waals surface area contributed by atoms with Gasteiger partial charge in [0.05, 0.1) is 10.9 Å². The van der Waals surface area contributed by atoms with E-state index in [0.717, 1.165) is 5.56 Å². The Morgan fingerprint density at radius 2 is 1.69 bits per heavy atom. The van der Waals surface area contributed by atoms with E-state index in [2.05, 4.69) is 36.6 Å². The van der Waals surface area contributed by atoms with Crippen molar-refractivity contribution in [2.45, 2.75) is 24.8 Å². The summed E-state index contributed by atoms with van der Waals surface area (Å²) in [7, 11) is -0.468. The van der Waals surface area contributed by atoms with E-state index in [1.54, 1.807) is 24.3 Å². The summed E-state index contributed by atoms with van der Waals surface area (Å²) in [6.07, 6.45) is 0. The molecule has 2 N–H and O–H groups in total. The lowest BCUT2D eigenvalue weighted by Crippen LogP contribution is -2.35. The van der Waals surface area contributed by atoms with Crippen LogP contribution in [0.5, 0.6) is 0 Å². The highest BCUT2D eigenvalue weighted by molar-refractivity contribution is 7.89. The Balaban J connectivity index is 2.15. The van der Waals surface area contributed by atoms with E-state index in [1.165, 1.54) is 18.4 Å². The van der Waals surface area contributed by atoms with Crippen molar-refractivity contribution in [3.05, 3.63) is 60.2 Å². The molecule has 0 aliphatic carbocycles. The zero-order valence-electron chi connectivity index (χ0n) is 15.4. The summed E-state index contributed by atoms with van der Waals surface area (Å²) >= 11 is 5.44. The first-order chi connectivity index (χ1) is 12.2. The Bertz CT molecular complexity index is 850. The normalized spacial score (nSPS) is 12.8. The van der Waals surface area contributed by atoms with Crippen LogP contribution >= 0.6 is 12.2 Å². The van der Waals surface area contributed by atoms with Gasteiger partial charge in [0.15, 0.2) is 5.11 Å². The van der Waals surface area contributed by atoms with E-state index < -0.39 is 10.0 Å². The van der Waals surface area contributed by atoms with Crippen LogP contribution in [-0.4, -0.2) is 31.9 Å².